The van der Waals surface area contributed by atoms with Crippen molar-refractivity contribution in [1.29, 1.82) is 0 Å². The van der Waals surface area contributed by atoms with Crippen LogP contribution in [0.15, 0.2) is 24.3 Å². The molecule has 0 aromatic heterocycles. The molecule has 0 amide bonds. The first kappa shape index (κ1) is 56.8. The van der Waals surface area contributed by atoms with Crippen LogP contribution in [0, 0.1) is 51.0 Å². The maximum absolute atomic E-state index is 10.5. The van der Waals surface area contributed by atoms with Crippen molar-refractivity contribution in [2.75, 3.05) is 13.1 Å². The number of carbonyl (C=O) groups is 1. The van der Waals surface area contributed by atoms with Crippen molar-refractivity contribution in [3.63, 3.8) is 0 Å². The van der Waals surface area contributed by atoms with Gasteiger partial charge in [0.2, 0.25) is 0 Å². The Bertz CT molecular complexity index is 355. The van der Waals surface area contributed by atoms with E-state index in [1.165, 1.54) is 36.1 Å². The third-order valence-electron chi connectivity index (χ3n) is 1.69. The Morgan fingerprint density at radius 3 is 1.10 bits per heavy atom. The van der Waals surface area contributed by atoms with E-state index in [-0.39, 0.29) is 55.2 Å². The zero-order valence-corrected chi connectivity index (χ0v) is 26.1. The minimum Gasteiger partial charge on any atom is -0.692 e. The second-order valence-corrected chi connectivity index (χ2v) is 3.04. The van der Waals surface area contributed by atoms with Crippen molar-refractivity contribution in [2.45, 2.75) is 68.4 Å². The van der Waals surface area contributed by atoms with Gasteiger partial charge in [-0.3, -0.25) is 9.69 Å². The minimum atomic E-state index is -0.972. The van der Waals surface area contributed by atoms with Crippen LogP contribution in [-0.4, -0.2) is 35.1 Å². The first-order chi connectivity index (χ1) is 13.5. The summed E-state index contributed by atoms with van der Waals surface area (Å²) in [4.78, 5) is 11.9. The number of hydrogen-bond donors (Lipinski definition) is 1. The van der Waals surface area contributed by atoms with Gasteiger partial charge in [0, 0.05) is 55.2 Å². The van der Waals surface area contributed by atoms with Crippen LogP contribution in [-0.2, 0) is 46.9 Å². The number of aliphatic carboxylic acids is 1. The zero-order valence-electron chi connectivity index (χ0n) is 20.2. The molecule has 0 heterocycles. The molecule has 0 aromatic carbocycles. The predicted molar refractivity (Wildman–Crippen MR) is 124 cm³/mol. The summed E-state index contributed by atoms with van der Waals surface area (Å²) in [6, 6.07) is -0.708. The van der Waals surface area contributed by atoms with Crippen molar-refractivity contribution in [2.24, 2.45) is 0 Å². The SMILES string of the molecule is CC.CC.CC.CC.[C-]#CCN(CC#[C-])C(C)C(=O)O.[CH-]=CC=[CH-].[CH-]=CC=[CH-].[W].[W]. The van der Waals surface area contributed by atoms with Crippen molar-refractivity contribution in [1.82, 2.24) is 4.90 Å². The average molecular weight is 755 g/mol. The number of carboxylic acids is 1. The van der Waals surface area contributed by atoms with Crippen LogP contribution in [0.3, 0.4) is 0 Å². The van der Waals surface area contributed by atoms with Crippen LogP contribution in [0.4, 0.5) is 0 Å². The summed E-state index contributed by atoms with van der Waals surface area (Å²) in [6.07, 6.45) is 18.5. The van der Waals surface area contributed by atoms with Gasteiger partial charge in [-0.2, -0.15) is 0 Å². The molecular weight excluding hydrogens is 714 g/mol. The van der Waals surface area contributed by atoms with Crippen molar-refractivity contribution in [3.05, 3.63) is 63.5 Å². The molecule has 0 aromatic rings. The van der Waals surface area contributed by atoms with Crippen LogP contribution < -0.4 is 0 Å². The summed E-state index contributed by atoms with van der Waals surface area (Å²) in [6.45, 7) is 36.6. The van der Waals surface area contributed by atoms with Gasteiger partial charge in [-0.1, -0.05) is 55.4 Å². The zero-order chi connectivity index (χ0) is 24.4. The topological polar surface area (TPSA) is 40.5 Å². The molecule has 5 heteroatoms. The summed E-state index contributed by atoms with van der Waals surface area (Å²) in [5.41, 5.74) is 0. The summed E-state index contributed by atoms with van der Waals surface area (Å²) >= 11 is 0. The van der Waals surface area contributed by atoms with Gasteiger partial charge >= 0.3 is 5.97 Å². The van der Waals surface area contributed by atoms with E-state index in [2.05, 4.69) is 11.8 Å². The molecule has 0 rings (SSSR count). The van der Waals surface area contributed by atoms with E-state index in [1.807, 2.05) is 55.4 Å². The molecule has 0 aliphatic heterocycles. The van der Waals surface area contributed by atoms with Gasteiger partial charge in [0.1, 0.15) is 6.04 Å². The maximum atomic E-state index is 10.5. The Balaban J connectivity index is -0.0000000295. The minimum absolute atomic E-state index is 0. The van der Waals surface area contributed by atoms with Crippen LogP contribution in [0.2, 0.25) is 0 Å². The van der Waals surface area contributed by atoms with E-state index in [0.29, 0.717) is 0 Å². The van der Waals surface area contributed by atoms with Gasteiger partial charge in [-0.25, -0.2) is 0 Å². The fraction of sp³-hybridized carbons (Fsp3) is 0.480. The quantitative estimate of drug-likeness (QED) is 0.207. The maximum Gasteiger partial charge on any atom is 0.320 e. The Hall–Kier alpha value is -1.11. The smallest absolute Gasteiger partial charge is 0.320 e. The number of carboxylic acid groups (broad SMARTS) is 1. The molecular formula is C25H41NO2W2-6. The molecule has 0 saturated heterocycles. The Morgan fingerprint density at radius 2 is 1.00 bits per heavy atom. The fourth-order valence-electron chi connectivity index (χ4n) is 0.689. The van der Waals surface area contributed by atoms with Gasteiger partial charge in [0.05, 0.1) is 0 Å². The Kier molecular flexibility index (Phi) is 151. The molecule has 0 radical (unpaired) electrons. The van der Waals surface area contributed by atoms with Crippen LogP contribution in [0.1, 0.15) is 62.3 Å². The molecule has 1 atom stereocenters. The van der Waals surface area contributed by atoms with E-state index in [4.69, 9.17) is 44.3 Å². The first-order valence-electron chi connectivity index (χ1n) is 9.39. The summed E-state index contributed by atoms with van der Waals surface area (Å²) in [5.74, 6) is 3.18. The van der Waals surface area contributed by atoms with Gasteiger partial charge < -0.3 is 80.4 Å². The molecule has 0 bridgehead atoms. The summed E-state index contributed by atoms with van der Waals surface area (Å²) in [5, 5.41) is 8.59. The normalized spacial score (nSPS) is 6.80. The summed E-state index contributed by atoms with van der Waals surface area (Å²) in [7, 11) is 0. The van der Waals surface area contributed by atoms with Crippen LogP contribution >= 0.6 is 0 Å². The largest absolute Gasteiger partial charge is 0.692 e. The fourth-order valence-corrected chi connectivity index (χ4v) is 0.689. The molecule has 1 unspecified atom stereocenters. The first-order valence-corrected chi connectivity index (χ1v) is 9.39. The molecule has 0 aliphatic carbocycles. The number of allylic oxidation sites excluding steroid dienone is 4. The molecule has 0 saturated carbocycles. The molecule has 176 valence electrons. The van der Waals surface area contributed by atoms with E-state index < -0.39 is 12.0 Å². The standard InChI is InChI=1S/C9H9NO2.2C4H4.4C2H6.2W/c1-4-6-10(7-5-2)8(3)9(11)12;2*1-3-4-2;4*1-2;;/h8H,6-7H2,3H3,(H,11,12);2*1-4H;4*1-2H3;;/q3*-2;;;;;;. The molecule has 3 nitrogen and oxygen atoms in total. The second kappa shape index (κ2) is 79.9. The third-order valence-corrected chi connectivity index (χ3v) is 1.69. The van der Waals surface area contributed by atoms with Crippen molar-refractivity contribution < 1.29 is 52.0 Å². The number of rotatable bonds is 6. The molecule has 0 spiro atoms. The number of nitrogens with zero attached hydrogens (tertiary/aromatic N) is 1. The second-order valence-electron chi connectivity index (χ2n) is 3.04. The Labute approximate surface area is 218 Å². The molecule has 1 N–H and O–H groups in total. The third kappa shape index (κ3) is 81.3. The Morgan fingerprint density at radius 1 is 0.800 bits per heavy atom. The summed E-state index contributed by atoms with van der Waals surface area (Å²) < 4.78 is 0. The molecule has 0 fully saturated rings. The van der Waals surface area contributed by atoms with Gasteiger partial charge in [-0.15, -0.1) is 0 Å². The monoisotopic (exact) mass is 755 g/mol. The van der Waals surface area contributed by atoms with E-state index in [1.54, 1.807) is 0 Å². The van der Waals surface area contributed by atoms with Gasteiger partial charge in [-0.05, 0) is 6.92 Å². The predicted octanol–water partition coefficient (Wildman–Crippen LogP) is 5.97. The van der Waals surface area contributed by atoms with Crippen molar-refractivity contribution >= 4 is 5.97 Å². The van der Waals surface area contributed by atoms with E-state index in [0.717, 1.165) is 0 Å². The number of hydrogen-bond acceptors (Lipinski definition) is 2. The van der Waals surface area contributed by atoms with Gasteiger partial charge in [0.25, 0.3) is 0 Å². The van der Waals surface area contributed by atoms with Gasteiger partial charge in [0.15, 0.2) is 0 Å². The van der Waals surface area contributed by atoms with Crippen molar-refractivity contribution in [3.8, 4) is 11.8 Å². The van der Waals surface area contributed by atoms with E-state index in [9.17, 15) is 4.79 Å². The average Bonchev–Trinajstić information content (AvgIpc) is 2.78. The van der Waals surface area contributed by atoms with E-state index >= 15 is 0 Å². The molecule has 0 aliphatic rings. The van der Waals surface area contributed by atoms with Crippen LogP contribution in [0.5, 0.6) is 0 Å². The molecule has 30 heavy (non-hydrogen) atoms. The van der Waals surface area contributed by atoms with Crippen LogP contribution in [0.25, 0.3) is 0 Å².